The van der Waals surface area contributed by atoms with Crippen molar-refractivity contribution in [2.75, 3.05) is 13.2 Å². The van der Waals surface area contributed by atoms with E-state index in [-0.39, 0.29) is 43.0 Å². The topological polar surface area (TPSA) is 108 Å². The highest BCUT2D eigenvalue weighted by Gasteiger charge is 2.31. The first-order chi connectivity index (χ1) is 21.9. The van der Waals surface area contributed by atoms with Crippen molar-refractivity contribution in [1.82, 2.24) is 5.32 Å². The van der Waals surface area contributed by atoms with Gasteiger partial charge in [0.2, 0.25) is 0 Å². The molecule has 1 aliphatic rings. The number of hydrogen-bond acceptors (Lipinski definition) is 7. The van der Waals surface area contributed by atoms with Crippen molar-refractivity contribution in [1.29, 1.82) is 0 Å². The molecule has 230 valence electrons. The standard InChI is InChI=1S/C37H35NO7/c1-3-24(2)34(38-37(42)45-22-32-30-15-9-7-13-28(30)29-14-8-10-16-31(29)32)36(41)43-21-25-17-19-27(20-18-25)35(40)44-23-33(39)26-11-5-4-6-12-26/h4-20,24,32,34H,3,21-23H2,1-2H3,(H,38,42)/t24-,34-/m0/s1. The van der Waals surface area contributed by atoms with E-state index < -0.39 is 24.1 Å². The predicted molar refractivity (Wildman–Crippen MR) is 169 cm³/mol. The van der Waals surface area contributed by atoms with Gasteiger partial charge in [-0.25, -0.2) is 14.4 Å². The molecule has 2 atom stereocenters. The van der Waals surface area contributed by atoms with E-state index in [0.29, 0.717) is 17.5 Å². The number of esters is 2. The third-order valence-corrected chi connectivity index (χ3v) is 8.08. The molecule has 5 rings (SSSR count). The Hall–Kier alpha value is -5.24. The lowest BCUT2D eigenvalue weighted by atomic mass is 9.98. The Morgan fingerprint density at radius 1 is 0.711 bits per heavy atom. The van der Waals surface area contributed by atoms with Crippen LogP contribution in [0.4, 0.5) is 4.79 Å². The third-order valence-electron chi connectivity index (χ3n) is 8.08. The van der Waals surface area contributed by atoms with Crippen LogP contribution in [0, 0.1) is 5.92 Å². The van der Waals surface area contributed by atoms with Crippen LogP contribution in [0.3, 0.4) is 0 Å². The number of nitrogens with one attached hydrogen (secondary N) is 1. The molecule has 0 heterocycles. The first-order valence-corrected chi connectivity index (χ1v) is 15.0. The van der Waals surface area contributed by atoms with E-state index in [0.717, 1.165) is 22.3 Å². The molecule has 0 spiro atoms. The molecule has 4 aromatic rings. The predicted octanol–water partition coefficient (Wildman–Crippen LogP) is 6.72. The normalized spacial score (nSPS) is 13.1. The summed E-state index contributed by atoms with van der Waals surface area (Å²) in [4.78, 5) is 50.6. The van der Waals surface area contributed by atoms with Crippen LogP contribution >= 0.6 is 0 Å². The quantitative estimate of drug-likeness (QED) is 0.108. The number of amides is 1. The molecular formula is C37H35NO7. The molecule has 0 aromatic heterocycles. The fraction of sp³-hybridized carbons (Fsp3) is 0.243. The molecule has 8 nitrogen and oxygen atoms in total. The molecule has 1 aliphatic carbocycles. The van der Waals surface area contributed by atoms with Crippen LogP contribution in [0.25, 0.3) is 11.1 Å². The van der Waals surface area contributed by atoms with Gasteiger partial charge in [-0.3, -0.25) is 4.79 Å². The van der Waals surface area contributed by atoms with Crippen LogP contribution < -0.4 is 5.32 Å². The number of carbonyl (C=O) groups is 4. The zero-order chi connectivity index (χ0) is 31.8. The van der Waals surface area contributed by atoms with Crippen molar-refractivity contribution in [3.05, 3.63) is 131 Å². The third kappa shape index (κ3) is 7.47. The molecule has 0 unspecified atom stereocenters. The van der Waals surface area contributed by atoms with E-state index in [4.69, 9.17) is 14.2 Å². The maximum Gasteiger partial charge on any atom is 0.407 e. The second kappa shape index (κ2) is 14.5. The molecule has 8 heteroatoms. The van der Waals surface area contributed by atoms with Crippen LogP contribution in [0.1, 0.15) is 63.6 Å². The van der Waals surface area contributed by atoms with Crippen LogP contribution in [-0.4, -0.2) is 43.1 Å². The van der Waals surface area contributed by atoms with Crippen molar-refractivity contribution >= 4 is 23.8 Å². The van der Waals surface area contributed by atoms with E-state index >= 15 is 0 Å². The molecule has 0 aliphatic heterocycles. The minimum atomic E-state index is -0.901. The number of Topliss-reactive ketones (excluding diaryl/α,β-unsaturated/α-hetero) is 1. The smallest absolute Gasteiger partial charge is 0.407 e. The van der Waals surface area contributed by atoms with Crippen LogP contribution in [0.2, 0.25) is 0 Å². The lowest BCUT2D eigenvalue weighted by molar-refractivity contribution is -0.148. The largest absolute Gasteiger partial charge is 0.459 e. The Kier molecular flexibility index (Phi) is 10.0. The first kappa shape index (κ1) is 31.2. The van der Waals surface area contributed by atoms with Gasteiger partial charge in [0.1, 0.15) is 19.3 Å². The minimum absolute atomic E-state index is 0.0556. The molecule has 1 N–H and O–H groups in total. The maximum absolute atomic E-state index is 13.1. The summed E-state index contributed by atoms with van der Waals surface area (Å²) in [5.41, 5.74) is 5.84. The van der Waals surface area contributed by atoms with Crippen molar-refractivity contribution in [2.24, 2.45) is 5.92 Å². The summed E-state index contributed by atoms with van der Waals surface area (Å²) in [7, 11) is 0. The number of fused-ring (bicyclic) bond motifs is 3. The number of carbonyl (C=O) groups excluding carboxylic acids is 4. The molecule has 0 saturated heterocycles. The second-order valence-corrected chi connectivity index (χ2v) is 11.0. The SMILES string of the molecule is CC[C@H](C)[C@H](NC(=O)OCC1c2ccccc2-c2ccccc21)C(=O)OCc1ccc(C(=O)OCC(=O)c2ccccc2)cc1. The number of hydrogen-bond donors (Lipinski definition) is 1. The second-order valence-electron chi connectivity index (χ2n) is 11.0. The summed E-state index contributed by atoms with van der Waals surface area (Å²) in [6, 6.07) is 30.2. The van der Waals surface area contributed by atoms with Gasteiger partial charge in [-0.1, -0.05) is 111 Å². The summed E-state index contributed by atoms with van der Waals surface area (Å²) < 4.78 is 16.3. The van der Waals surface area contributed by atoms with Gasteiger partial charge in [0.15, 0.2) is 12.4 Å². The summed E-state index contributed by atoms with van der Waals surface area (Å²) in [5.74, 6) is -1.81. The minimum Gasteiger partial charge on any atom is -0.459 e. The number of alkyl carbamates (subject to hydrolysis) is 1. The molecule has 45 heavy (non-hydrogen) atoms. The van der Waals surface area contributed by atoms with Crippen LogP contribution in [-0.2, 0) is 25.6 Å². The Bertz CT molecular complexity index is 1620. The van der Waals surface area contributed by atoms with Gasteiger partial charge in [0.25, 0.3) is 0 Å². The van der Waals surface area contributed by atoms with Gasteiger partial charge >= 0.3 is 18.0 Å². The highest BCUT2D eigenvalue weighted by molar-refractivity contribution is 5.99. The number of rotatable bonds is 12. The van der Waals surface area contributed by atoms with Gasteiger partial charge < -0.3 is 19.5 Å². The molecule has 0 bridgehead atoms. The Labute approximate surface area is 262 Å². The fourth-order valence-corrected chi connectivity index (χ4v) is 5.34. The zero-order valence-electron chi connectivity index (χ0n) is 25.2. The summed E-state index contributed by atoms with van der Waals surface area (Å²) >= 11 is 0. The van der Waals surface area contributed by atoms with Crippen molar-refractivity contribution in [2.45, 2.75) is 38.8 Å². The lowest BCUT2D eigenvalue weighted by Gasteiger charge is -2.23. The zero-order valence-corrected chi connectivity index (χ0v) is 25.2. The molecule has 4 aromatic carbocycles. The maximum atomic E-state index is 13.1. The Morgan fingerprint density at radius 2 is 1.31 bits per heavy atom. The summed E-state index contributed by atoms with van der Waals surface area (Å²) in [6.45, 7) is 3.50. The average Bonchev–Trinajstić information content (AvgIpc) is 3.41. The van der Waals surface area contributed by atoms with Crippen molar-refractivity contribution in [3.8, 4) is 11.1 Å². The number of benzene rings is 4. The molecule has 0 radical (unpaired) electrons. The van der Waals surface area contributed by atoms with Gasteiger partial charge in [-0.15, -0.1) is 0 Å². The molecule has 1 amide bonds. The Morgan fingerprint density at radius 3 is 1.93 bits per heavy atom. The molecule has 0 saturated carbocycles. The van der Waals surface area contributed by atoms with Crippen LogP contribution in [0.5, 0.6) is 0 Å². The number of ketones is 1. The summed E-state index contributed by atoms with van der Waals surface area (Å²) in [6.07, 6.45) is -0.0553. The van der Waals surface area contributed by atoms with E-state index in [1.165, 1.54) is 0 Å². The molecule has 0 fully saturated rings. The van der Waals surface area contributed by atoms with Gasteiger partial charge in [-0.2, -0.15) is 0 Å². The van der Waals surface area contributed by atoms with E-state index in [9.17, 15) is 19.2 Å². The van der Waals surface area contributed by atoms with E-state index in [1.807, 2.05) is 50.2 Å². The van der Waals surface area contributed by atoms with Crippen LogP contribution in [0.15, 0.2) is 103 Å². The first-order valence-electron chi connectivity index (χ1n) is 15.0. The van der Waals surface area contributed by atoms with Crippen molar-refractivity contribution < 1.29 is 33.4 Å². The van der Waals surface area contributed by atoms with Gasteiger partial charge in [-0.05, 0) is 45.9 Å². The van der Waals surface area contributed by atoms with E-state index in [1.54, 1.807) is 54.6 Å². The number of ether oxygens (including phenoxy) is 3. The molecular weight excluding hydrogens is 570 g/mol. The van der Waals surface area contributed by atoms with Gasteiger partial charge in [0, 0.05) is 11.5 Å². The fourth-order valence-electron chi connectivity index (χ4n) is 5.34. The average molecular weight is 606 g/mol. The highest BCUT2D eigenvalue weighted by atomic mass is 16.6. The van der Waals surface area contributed by atoms with Crippen molar-refractivity contribution in [3.63, 3.8) is 0 Å². The monoisotopic (exact) mass is 605 g/mol. The summed E-state index contributed by atoms with van der Waals surface area (Å²) in [5, 5.41) is 2.71. The highest BCUT2D eigenvalue weighted by Crippen LogP contribution is 2.44. The van der Waals surface area contributed by atoms with Gasteiger partial charge in [0.05, 0.1) is 5.56 Å². The van der Waals surface area contributed by atoms with E-state index in [2.05, 4.69) is 17.4 Å². The lowest BCUT2D eigenvalue weighted by Crippen LogP contribution is -2.46. The Balaban J connectivity index is 1.12.